The number of aryl methyl sites for hydroxylation is 1. The van der Waals surface area contributed by atoms with E-state index in [0.717, 1.165) is 30.0 Å². The Morgan fingerprint density at radius 1 is 1.27 bits per heavy atom. The number of carbonyl (C=O) groups excluding carboxylic acids is 1. The SMILES string of the molecule is COC(=O)c1ccc2c(c1)CN(c1cc(C)nc(N)n1)CC2. The number of aromatic nitrogens is 2. The number of nitrogens with two attached hydrogens (primary N) is 1. The van der Waals surface area contributed by atoms with E-state index in [0.29, 0.717) is 12.1 Å². The molecule has 0 fully saturated rings. The molecule has 1 aromatic heterocycles. The van der Waals surface area contributed by atoms with E-state index < -0.39 is 0 Å². The van der Waals surface area contributed by atoms with E-state index in [9.17, 15) is 4.79 Å². The summed E-state index contributed by atoms with van der Waals surface area (Å²) in [5.41, 5.74) is 9.51. The third kappa shape index (κ3) is 2.72. The van der Waals surface area contributed by atoms with Crippen molar-refractivity contribution in [3.05, 3.63) is 46.6 Å². The molecule has 1 aliphatic rings. The van der Waals surface area contributed by atoms with Crippen LogP contribution in [0.3, 0.4) is 0 Å². The van der Waals surface area contributed by atoms with Gasteiger partial charge in [-0.05, 0) is 36.6 Å². The minimum absolute atomic E-state index is 0.282. The smallest absolute Gasteiger partial charge is 0.337 e. The predicted octanol–water partition coefficient (Wildman–Crippen LogP) is 1.72. The van der Waals surface area contributed by atoms with Crippen LogP contribution in [0.1, 0.15) is 27.2 Å². The second kappa shape index (κ2) is 5.63. The highest BCUT2D eigenvalue weighted by molar-refractivity contribution is 5.89. The number of fused-ring (bicyclic) bond motifs is 1. The Morgan fingerprint density at radius 2 is 2.09 bits per heavy atom. The summed E-state index contributed by atoms with van der Waals surface area (Å²) in [6, 6.07) is 7.63. The van der Waals surface area contributed by atoms with Crippen molar-refractivity contribution >= 4 is 17.7 Å². The average Bonchev–Trinajstić information content (AvgIpc) is 2.52. The standard InChI is InChI=1S/C16H18N4O2/c1-10-7-14(19-16(17)18-10)20-6-5-11-3-4-12(15(21)22-2)8-13(11)9-20/h3-4,7-8H,5-6,9H2,1-2H3,(H2,17,18,19). The molecule has 0 aliphatic carbocycles. The number of nitrogens with zero attached hydrogens (tertiary/aromatic N) is 3. The number of benzene rings is 1. The van der Waals surface area contributed by atoms with E-state index in [-0.39, 0.29) is 11.9 Å². The fourth-order valence-electron chi connectivity index (χ4n) is 2.73. The summed E-state index contributed by atoms with van der Waals surface area (Å²) < 4.78 is 4.78. The first-order valence-electron chi connectivity index (χ1n) is 7.13. The van der Waals surface area contributed by atoms with Crippen LogP contribution in [0.15, 0.2) is 24.3 Å². The Balaban J connectivity index is 1.90. The van der Waals surface area contributed by atoms with E-state index in [4.69, 9.17) is 10.5 Å². The van der Waals surface area contributed by atoms with Crippen LogP contribution < -0.4 is 10.6 Å². The Kier molecular flexibility index (Phi) is 3.66. The van der Waals surface area contributed by atoms with Gasteiger partial charge in [-0.1, -0.05) is 6.07 Å². The van der Waals surface area contributed by atoms with Crippen molar-refractivity contribution in [1.82, 2.24) is 9.97 Å². The van der Waals surface area contributed by atoms with Crippen LogP contribution in [0.2, 0.25) is 0 Å². The number of ether oxygens (including phenoxy) is 1. The van der Waals surface area contributed by atoms with Crippen LogP contribution in [0.4, 0.5) is 11.8 Å². The normalized spacial score (nSPS) is 13.6. The number of methoxy groups -OCH3 is 1. The highest BCUT2D eigenvalue weighted by Crippen LogP contribution is 2.25. The van der Waals surface area contributed by atoms with Gasteiger partial charge in [0.2, 0.25) is 5.95 Å². The molecule has 1 aliphatic heterocycles. The molecular weight excluding hydrogens is 280 g/mol. The molecule has 22 heavy (non-hydrogen) atoms. The zero-order valence-electron chi connectivity index (χ0n) is 12.7. The maximum absolute atomic E-state index is 11.7. The fourth-order valence-corrected chi connectivity index (χ4v) is 2.73. The van der Waals surface area contributed by atoms with Gasteiger partial charge in [-0.3, -0.25) is 0 Å². The summed E-state index contributed by atoms with van der Waals surface area (Å²) in [7, 11) is 1.39. The third-order valence-corrected chi connectivity index (χ3v) is 3.82. The molecule has 0 amide bonds. The van der Waals surface area contributed by atoms with Crippen molar-refractivity contribution in [2.24, 2.45) is 0 Å². The highest BCUT2D eigenvalue weighted by Gasteiger charge is 2.19. The van der Waals surface area contributed by atoms with E-state index in [1.807, 2.05) is 31.2 Å². The van der Waals surface area contributed by atoms with Gasteiger partial charge in [-0.2, -0.15) is 4.98 Å². The lowest BCUT2D eigenvalue weighted by Crippen LogP contribution is -2.31. The topological polar surface area (TPSA) is 81.3 Å². The number of rotatable bonds is 2. The first kappa shape index (κ1) is 14.3. The number of anilines is 2. The monoisotopic (exact) mass is 298 g/mol. The molecule has 114 valence electrons. The molecule has 0 spiro atoms. The molecule has 0 atom stereocenters. The lowest BCUT2D eigenvalue weighted by molar-refractivity contribution is 0.0600. The largest absolute Gasteiger partial charge is 0.465 e. The summed E-state index contributed by atoms with van der Waals surface area (Å²) in [6.07, 6.45) is 0.903. The third-order valence-electron chi connectivity index (χ3n) is 3.82. The second-order valence-corrected chi connectivity index (χ2v) is 5.37. The Bertz CT molecular complexity index is 710. The van der Waals surface area contributed by atoms with Gasteiger partial charge in [0.05, 0.1) is 12.7 Å². The number of hydrogen-bond donors (Lipinski definition) is 1. The predicted molar refractivity (Wildman–Crippen MR) is 83.7 cm³/mol. The average molecular weight is 298 g/mol. The molecule has 0 bridgehead atoms. The van der Waals surface area contributed by atoms with Gasteiger partial charge in [-0.15, -0.1) is 0 Å². The Hall–Kier alpha value is -2.63. The molecule has 0 unspecified atom stereocenters. The lowest BCUT2D eigenvalue weighted by Gasteiger charge is -2.30. The molecule has 3 rings (SSSR count). The fraction of sp³-hybridized carbons (Fsp3) is 0.312. The van der Waals surface area contributed by atoms with Crippen LogP contribution in [-0.2, 0) is 17.7 Å². The van der Waals surface area contributed by atoms with E-state index in [2.05, 4.69) is 14.9 Å². The minimum atomic E-state index is -0.318. The van der Waals surface area contributed by atoms with Crippen molar-refractivity contribution in [1.29, 1.82) is 0 Å². The molecule has 0 radical (unpaired) electrons. The van der Waals surface area contributed by atoms with Gasteiger partial charge in [0.25, 0.3) is 0 Å². The van der Waals surface area contributed by atoms with E-state index in [1.165, 1.54) is 12.7 Å². The maximum Gasteiger partial charge on any atom is 0.337 e. The van der Waals surface area contributed by atoms with Crippen LogP contribution in [0, 0.1) is 6.92 Å². The van der Waals surface area contributed by atoms with Crippen molar-refractivity contribution in [2.75, 3.05) is 24.3 Å². The van der Waals surface area contributed by atoms with Crippen molar-refractivity contribution in [3.63, 3.8) is 0 Å². The summed E-state index contributed by atoms with van der Waals surface area (Å²) in [5.74, 6) is 0.783. The van der Waals surface area contributed by atoms with Gasteiger partial charge in [0.15, 0.2) is 0 Å². The maximum atomic E-state index is 11.7. The van der Waals surface area contributed by atoms with Crippen LogP contribution >= 0.6 is 0 Å². The molecule has 6 nitrogen and oxygen atoms in total. The minimum Gasteiger partial charge on any atom is -0.465 e. The van der Waals surface area contributed by atoms with Crippen molar-refractivity contribution in [2.45, 2.75) is 19.9 Å². The summed E-state index contributed by atoms with van der Waals surface area (Å²) in [6.45, 7) is 3.45. The van der Waals surface area contributed by atoms with Gasteiger partial charge in [-0.25, -0.2) is 9.78 Å². The Labute approximate surface area is 128 Å². The Morgan fingerprint density at radius 3 is 2.82 bits per heavy atom. The van der Waals surface area contributed by atoms with Crippen LogP contribution in [-0.4, -0.2) is 29.6 Å². The van der Waals surface area contributed by atoms with Gasteiger partial charge in [0.1, 0.15) is 5.82 Å². The molecular formula is C16H18N4O2. The molecule has 0 saturated carbocycles. The van der Waals surface area contributed by atoms with Crippen molar-refractivity contribution < 1.29 is 9.53 Å². The van der Waals surface area contributed by atoms with Gasteiger partial charge < -0.3 is 15.4 Å². The first-order chi connectivity index (χ1) is 10.6. The molecule has 2 heterocycles. The second-order valence-electron chi connectivity index (χ2n) is 5.37. The zero-order valence-corrected chi connectivity index (χ0v) is 12.7. The van der Waals surface area contributed by atoms with E-state index in [1.54, 1.807) is 0 Å². The summed E-state index contributed by atoms with van der Waals surface area (Å²) >= 11 is 0. The van der Waals surface area contributed by atoms with Crippen LogP contribution in [0.25, 0.3) is 0 Å². The zero-order chi connectivity index (χ0) is 15.7. The number of hydrogen-bond acceptors (Lipinski definition) is 6. The highest BCUT2D eigenvalue weighted by atomic mass is 16.5. The quantitative estimate of drug-likeness (QED) is 0.850. The van der Waals surface area contributed by atoms with E-state index >= 15 is 0 Å². The molecule has 6 heteroatoms. The molecule has 2 N–H and O–H groups in total. The summed E-state index contributed by atoms with van der Waals surface area (Å²) in [5, 5.41) is 0. The van der Waals surface area contributed by atoms with Gasteiger partial charge >= 0.3 is 5.97 Å². The summed E-state index contributed by atoms with van der Waals surface area (Å²) in [4.78, 5) is 22.2. The van der Waals surface area contributed by atoms with Crippen molar-refractivity contribution in [3.8, 4) is 0 Å². The number of esters is 1. The number of carbonyl (C=O) groups is 1. The lowest BCUT2D eigenvalue weighted by atomic mass is 9.97. The molecule has 0 saturated heterocycles. The van der Waals surface area contributed by atoms with Gasteiger partial charge in [0, 0.05) is 24.8 Å². The molecule has 1 aromatic carbocycles. The first-order valence-corrected chi connectivity index (χ1v) is 7.13. The number of nitrogen functional groups attached to an aromatic ring is 1. The molecule has 2 aromatic rings. The van der Waals surface area contributed by atoms with Crippen LogP contribution in [0.5, 0.6) is 0 Å².